The molecule has 0 aliphatic carbocycles. The van der Waals surface area contributed by atoms with Crippen molar-refractivity contribution in [2.45, 2.75) is 25.9 Å². The summed E-state index contributed by atoms with van der Waals surface area (Å²) < 4.78 is 1.84. The number of benzene rings is 1. The molecule has 1 atom stereocenters. The molecule has 7 nitrogen and oxygen atoms in total. The average Bonchev–Trinajstić information content (AvgIpc) is 3.28. The predicted octanol–water partition coefficient (Wildman–Crippen LogP) is 2.20. The molecule has 0 saturated carbocycles. The maximum Gasteiger partial charge on any atom is 0.244 e. The molecule has 1 amide bonds. The zero-order valence-corrected chi connectivity index (χ0v) is 17.7. The number of aromatic nitrogens is 3. The van der Waals surface area contributed by atoms with Crippen molar-refractivity contribution in [1.29, 1.82) is 0 Å². The third-order valence-electron chi connectivity index (χ3n) is 6.42. The van der Waals surface area contributed by atoms with E-state index in [1.54, 1.807) is 0 Å². The molecular weight excluding hydrogens is 376 g/mol. The van der Waals surface area contributed by atoms with Crippen molar-refractivity contribution in [1.82, 2.24) is 24.6 Å². The Bertz CT molecular complexity index is 1050. The second-order valence-electron chi connectivity index (χ2n) is 8.37. The van der Waals surface area contributed by atoms with Gasteiger partial charge in [-0.1, -0.05) is 18.2 Å². The lowest BCUT2D eigenvalue weighted by Crippen LogP contribution is -2.52. The Morgan fingerprint density at radius 1 is 1.07 bits per heavy atom. The summed E-state index contributed by atoms with van der Waals surface area (Å²) in [7, 11) is 1.93. The Kier molecular flexibility index (Phi) is 5.00. The van der Waals surface area contributed by atoms with Crippen LogP contribution >= 0.6 is 0 Å². The van der Waals surface area contributed by atoms with Crippen molar-refractivity contribution in [3.05, 3.63) is 53.9 Å². The zero-order chi connectivity index (χ0) is 20.7. The molecule has 4 heterocycles. The molecule has 2 aliphatic heterocycles. The summed E-state index contributed by atoms with van der Waals surface area (Å²) in [5.74, 6) is 0.247. The van der Waals surface area contributed by atoms with E-state index in [0.29, 0.717) is 0 Å². The van der Waals surface area contributed by atoms with Gasteiger partial charge in [0, 0.05) is 63.6 Å². The Labute approximate surface area is 176 Å². The average molecular weight is 405 g/mol. The van der Waals surface area contributed by atoms with Crippen molar-refractivity contribution in [2.24, 2.45) is 7.05 Å². The fourth-order valence-corrected chi connectivity index (χ4v) is 4.80. The van der Waals surface area contributed by atoms with Crippen molar-refractivity contribution in [3.63, 3.8) is 0 Å². The molecule has 1 aromatic carbocycles. The first-order valence-corrected chi connectivity index (χ1v) is 10.7. The number of aryl methyl sites for hydroxylation is 2. The molecule has 5 rings (SSSR count). The predicted molar refractivity (Wildman–Crippen MR) is 117 cm³/mol. The minimum Gasteiger partial charge on any atom is -0.311 e. The summed E-state index contributed by atoms with van der Waals surface area (Å²) in [5.41, 5.74) is 4.19. The van der Waals surface area contributed by atoms with Crippen molar-refractivity contribution >= 4 is 22.6 Å². The van der Waals surface area contributed by atoms with Crippen molar-refractivity contribution in [2.75, 3.05) is 37.6 Å². The van der Waals surface area contributed by atoms with E-state index in [4.69, 9.17) is 0 Å². The molecule has 156 valence electrons. The Morgan fingerprint density at radius 3 is 2.60 bits per heavy atom. The highest BCUT2D eigenvalue weighted by molar-refractivity contribution is 5.99. The van der Waals surface area contributed by atoms with E-state index in [1.807, 2.05) is 60.1 Å². The topological polar surface area (TPSA) is 57.5 Å². The van der Waals surface area contributed by atoms with E-state index in [1.165, 1.54) is 5.56 Å². The minimum atomic E-state index is 0.0171. The van der Waals surface area contributed by atoms with Gasteiger partial charge in [0.25, 0.3) is 0 Å². The molecule has 2 fully saturated rings. The smallest absolute Gasteiger partial charge is 0.244 e. The minimum absolute atomic E-state index is 0.0171. The van der Waals surface area contributed by atoms with Crippen LogP contribution in [0.15, 0.2) is 42.6 Å². The Hall–Kier alpha value is -2.77. The van der Waals surface area contributed by atoms with Crippen LogP contribution in [-0.2, 0) is 18.4 Å². The maximum absolute atomic E-state index is 13.0. The first-order chi connectivity index (χ1) is 14.6. The van der Waals surface area contributed by atoms with Gasteiger partial charge in [0.15, 0.2) is 5.65 Å². The van der Waals surface area contributed by atoms with Gasteiger partial charge in [-0.2, -0.15) is 5.10 Å². The molecular formula is C23H28N6O. The van der Waals surface area contributed by atoms with Crippen LogP contribution in [0.5, 0.6) is 0 Å². The van der Waals surface area contributed by atoms with Crippen molar-refractivity contribution in [3.8, 4) is 0 Å². The number of rotatable bonds is 4. The number of hydrogen-bond acceptors (Lipinski definition) is 5. The van der Waals surface area contributed by atoms with Crippen LogP contribution in [0, 0.1) is 6.92 Å². The van der Waals surface area contributed by atoms with Crippen LogP contribution in [0.3, 0.4) is 0 Å². The molecule has 0 N–H and O–H groups in total. The number of anilines is 1. The molecule has 2 saturated heterocycles. The first-order valence-electron chi connectivity index (χ1n) is 10.7. The van der Waals surface area contributed by atoms with Gasteiger partial charge in [0.1, 0.15) is 0 Å². The van der Waals surface area contributed by atoms with E-state index in [2.05, 4.69) is 25.9 Å². The molecule has 1 unspecified atom stereocenters. The number of carbonyl (C=O) groups excluding carboxylic acids is 1. The van der Waals surface area contributed by atoms with Gasteiger partial charge in [-0.05, 0) is 37.1 Å². The SMILES string of the molecule is Cc1nn(C)c2ncc(CN3CCN(C4CCN(c5ccccc5)C4=O)CC3)cc12. The monoisotopic (exact) mass is 404 g/mol. The van der Waals surface area contributed by atoms with E-state index in [-0.39, 0.29) is 11.9 Å². The lowest BCUT2D eigenvalue weighted by atomic mass is 10.1. The zero-order valence-electron chi connectivity index (χ0n) is 17.7. The summed E-state index contributed by atoms with van der Waals surface area (Å²) in [6.45, 7) is 7.53. The summed E-state index contributed by atoms with van der Waals surface area (Å²) in [6.07, 6.45) is 2.88. The van der Waals surface area contributed by atoms with Crippen molar-refractivity contribution < 1.29 is 4.79 Å². The molecule has 3 aromatic rings. The van der Waals surface area contributed by atoms with Crippen LogP contribution in [-0.4, -0.2) is 69.2 Å². The van der Waals surface area contributed by atoms with E-state index >= 15 is 0 Å². The van der Waals surface area contributed by atoms with E-state index in [0.717, 1.165) is 68.1 Å². The second-order valence-corrected chi connectivity index (χ2v) is 8.37. The van der Waals surface area contributed by atoms with Gasteiger partial charge in [-0.3, -0.25) is 19.3 Å². The lowest BCUT2D eigenvalue weighted by molar-refractivity contribution is -0.122. The standard InChI is InChI=1S/C23H28N6O/c1-17-20-14-18(15-24-22(20)26(2)25-17)16-27-10-12-28(13-11-27)21-8-9-29(23(21)30)19-6-4-3-5-7-19/h3-7,14-15,21H,8-13,16H2,1-2H3. The van der Waals surface area contributed by atoms with Gasteiger partial charge in [-0.15, -0.1) is 0 Å². The van der Waals surface area contributed by atoms with Crippen LogP contribution in [0.2, 0.25) is 0 Å². The normalized spacial score (nSPS) is 21.1. The van der Waals surface area contributed by atoms with Gasteiger partial charge in [0.2, 0.25) is 5.91 Å². The summed E-state index contributed by atoms with van der Waals surface area (Å²) in [4.78, 5) is 24.4. The highest BCUT2D eigenvalue weighted by Crippen LogP contribution is 2.25. The van der Waals surface area contributed by atoms with Gasteiger partial charge < -0.3 is 4.90 Å². The summed E-state index contributed by atoms with van der Waals surface area (Å²) in [5, 5.41) is 5.60. The highest BCUT2D eigenvalue weighted by Gasteiger charge is 2.37. The molecule has 2 aliphatic rings. The molecule has 30 heavy (non-hydrogen) atoms. The Morgan fingerprint density at radius 2 is 1.83 bits per heavy atom. The fraction of sp³-hybridized carbons (Fsp3) is 0.435. The fourth-order valence-electron chi connectivity index (χ4n) is 4.80. The summed E-state index contributed by atoms with van der Waals surface area (Å²) in [6, 6.07) is 12.3. The molecule has 2 aromatic heterocycles. The number of carbonyl (C=O) groups is 1. The highest BCUT2D eigenvalue weighted by atomic mass is 16.2. The van der Waals surface area contributed by atoms with E-state index < -0.39 is 0 Å². The molecule has 7 heteroatoms. The number of hydrogen-bond donors (Lipinski definition) is 0. The maximum atomic E-state index is 13.0. The number of piperazine rings is 1. The van der Waals surface area contributed by atoms with E-state index in [9.17, 15) is 4.79 Å². The molecule has 0 bridgehead atoms. The van der Waals surface area contributed by atoms with Crippen LogP contribution in [0.1, 0.15) is 17.7 Å². The first kappa shape index (κ1) is 19.2. The third kappa shape index (κ3) is 3.48. The van der Waals surface area contributed by atoms with Crippen LogP contribution in [0.25, 0.3) is 11.0 Å². The van der Waals surface area contributed by atoms with Gasteiger partial charge in [0.05, 0.1) is 11.7 Å². The van der Waals surface area contributed by atoms with Gasteiger partial charge >= 0.3 is 0 Å². The molecule has 0 spiro atoms. The largest absolute Gasteiger partial charge is 0.311 e. The number of para-hydroxylation sites is 1. The Balaban J connectivity index is 1.20. The van der Waals surface area contributed by atoms with Crippen LogP contribution in [0.4, 0.5) is 5.69 Å². The lowest BCUT2D eigenvalue weighted by Gasteiger charge is -2.37. The number of fused-ring (bicyclic) bond motifs is 1. The third-order valence-corrected chi connectivity index (χ3v) is 6.42. The van der Waals surface area contributed by atoms with Gasteiger partial charge in [-0.25, -0.2) is 4.98 Å². The summed E-state index contributed by atoms with van der Waals surface area (Å²) >= 11 is 0. The number of amides is 1. The number of pyridine rings is 1. The number of nitrogens with zero attached hydrogens (tertiary/aromatic N) is 6. The second kappa shape index (κ2) is 7.81. The quantitative estimate of drug-likeness (QED) is 0.667. The molecule has 0 radical (unpaired) electrons. The van der Waals surface area contributed by atoms with Crippen LogP contribution < -0.4 is 4.90 Å².